The summed E-state index contributed by atoms with van der Waals surface area (Å²) in [6.07, 6.45) is 0.836. The lowest BCUT2D eigenvalue weighted by molar-refractivity contribution is -0.384. The number of nitro benzene ring substituents is 1. The Morgan fingerprint density at radius 3 is 2.65 bits per heavy atom. The van der Waals surface area contributed by atoms with Crippen LogP contribution in [0.3, 0.4) is 0 Å². The molecule has 26 heavy (non-hydrogen) atoms. The highest BCUT2D eigenvalue weighted by molar-refractivity contribution is 5.69. The molecule has 2 aromatic carbocycles. The molecule has 7 nitrogen and oxygen atoms in total. The van der Waals surface area contributed by atoms with Crippen LogP contribution in [-0.2, 0) is 13.0 Å². The van der Waals surface area contributed by atoms with E-state index in [4.69, 9.17) is 4.42 Å². The zero-order chi connectivity index (χ0) is 18.1. The van der Waals surface area contributed by atoms with Crippen LogP contribution in [-0.4, -0.2) is 16.5 Å². The number of nitriles is 1. The molecule has 4 rings (SSSR count). The van der Waals surface area contributed by atoms with Gasteiger partial charge in [-0.25, -0.2) is 0 Å². The molecule has 1 aliphatic heterocycles. The summed E-state index contributed by atoms with van der Waals surface area (Å²) in [4.78, 5) is 16.9. The Morgan fingerprint density at radius 2 is 1.88 bits per heavy atom. The molecular weight excluding hydrogens is 332 g/mol. The molecular formula is C19H14N4O3. The molecule has 0 saturated heterocycles. The van der Waals surface area contributed by atoms with Crippen molar-refractivity contribution in [3.63, 3.8) is 0 Å². The fourth-order valence-electron chi connectivity index (χ4n) is 3.20. The number of benzene rings is 2. The van der Waals surface area contributed by atoms with Crippen molar-refractivity contribution in [1.29, 1.82) is 5.26 Å². The molecule has 0 radical (unpaired) electrons. The lowest BCUT2D eigenvalue weighted by Crippen LogP contribution is -2.30. The quantitative estimate of drug-likeness (QED) is 0.530. The second-order valence-corrected chi connectivity index (χ2v) is 6.00. The molecule has 1 aliphatic rings. The van der Waals surface area contributed by atoms with Crippen molar-refractivity contribution in [2.75, 3.05) is 11.4 Å². The highest BCUT2D eigenvalue weighted by Gasteiger charge is 2.26. The standard InChI is InChI=1S/C19H14N4O3/c20-11-16-19(22-10-9-13-5-1-2-6-14(13)12-22)26-18(21-16)15-7-3-4-8-17(15)23(24)25/h1-8H,9-10,12H2. The maximum Gasteiger partial charge on any atom is 0.282 e. The molecule has 0 bridgehead atoms. The van der Waals surface area contributed by atoms with Gasteiger partial charge in [-0.1, -0.05) is 36.4 Å². The van der Waals surface area contributed by atoms with E-state index in [0.29, 0.717) is 19.0 Å². The van der Waals surface area contributed by atoms with Crippen molar-refractivity contribution < 1.29 is 9.34 Å². The Balaban J connectivity index is 1.74. The largest absolute Gasteiger partial charge is 0.419 e. The molecule has 0 atom stereocenters. The van der Waals surface area contributed by atoms with Crippen molar-refractivity contribution in [1.82, 2.24) is 4.98 Å². The normalized spacial score (nSPS) is 13.1. The lowest BCUT2D eigenvalue weighted by Gasteiger charge is -2.28. The van der Waals surface area contributed by atoms with E-state index in [1.807, 2.05) is 29.2 Å². The van der Waals surface area contributed by atoms with Gasteiger partial charge in [-0.05, 0) is 23.6 Å². The van der Waals surface area contributed by atoms with Crippen LogP contribution in [0.4, 0.5) is 11.6 Å². The number of hydrogen-bond donors (Lipinski definition) is 0. The minimum atomic E-state index is -0.484. The van der Waals surface area contributed by atoms with Crippen molar-refractivity contribution in [2.24, 2.45) is 0 Å². The molecule has 3 aromatic rings. The van der Waals surface area contributed by atoms with Crippen LogP contribution in [0.2, 0.25) is 0 Å². The highest BCUT2D eigenvalue weighted by atomic mass is 16.6. The van der Waals surface area contributed by atoms with E-state index in [-0.39, 0.29) is 22.8 Å². The van der Waals surface area contributed by atoms with Crippen LogP contribution in [0.25, 0.3) is 11.5 Å². The Hall–Kier alpha value is -3.66. The number of aromatic nitrogens is 1. The molecule has 0 fully saturated rings. The second-order valence-electron chi connectivity index (χ2n) is 6.00. The minimum Gasteiger partial charge on any atom is -0.419 e. The summed E-state index contributed by atoms with van der Waals surface area (Å²) in [7, 11) is 0. The van der Waals surface area contributed by atoms with Crippen molar-refractivity contribution in [2.45, 2.75) is 13.0 Å². The zero-order valence-electron chi connectivity index (χ0n) is 13.8. The van der Waals surface area contributed by atoms with Gasteiger partial charge in [0.2, 0.25) is 17.5 Å². The molecule has 0 aliphatic carbocycles. The third kappa shape index (κ3) is 2.67. The predicted octanol–water partition coefficient (Wildman–Crippen LogP) is 3.68. The first-order valence-corrected chi connectivity index (χ1v) is 8.14. The highest BCUT2D eigenvalue weighted by Crippen LogP contribution is 2.35. The van der Waals surface area contributed by atoms with Gasteiger partial charge in [0.25, 0.3) is 5.69 Å². The Morgan fingerprint density at radius 1 is 1.15 bits per heavy atom. The Labute approximate surface area is 149 Å². The first-order valence-electron chi connectivity index (χ1n) is 8.14. The van der Waals surface area contributed by atoms with Crippen LogP contribution in [0.15, 0.2) is 52.9 Å². The molecule has 7 heteroatoms. The van der Waals surface area contributed by atoms with Crippen molar-refractivity contribution in [3.05, 3.63) is 75.5 Å². The molecule has 2 heterocycles. The summed E-state index contributed by atoms with van der Waals surface area (Å²) >= 11 is 0. The van der Waals surface area contributed by atoms with E-state index >= 15 is 0 Å². The second kappa shape index (κ2) is 6.33. The van der Waals surface area contributed by atoms with Crippen LogP contribution in [0, 0.1) is 21.4 Å². The van der Waals surface area contributed by atoms with Gasteiger partial charge >= 0.3 is 0 Å². The molecule has 0 unspecified atom stereocenters. The van der Waals surface area contributed by atoms with Gasteiger partial charge in [0, 0.05) is 19.2 Å². The summed E-state index contributed by atoms with van der Waals surface area (Å²) in [5, 5.41) is 20.7. The van der Waals surface area contributed by atoms with Gasteiger partial charge in [0.1, 0.15) is 11.6 Å². The van der Waals surface area contributed by atoms with E-state index in [1.165, 1.54) is 17.2 Å². The number of para-hydroxylation sites is 1. The van der Waals surface area contributed by atoms with Crippen LogP contribution < -0.4 is 4.90 Å². The van der Waals surface area contributed by atoms with Crippen molar-refractivity contribution >= 4 is 11.6 Å². The molecule has 0 saturated carbocycles. The predicted molar refractivity (Wildman–Crippen MR) is 94.5 cm³/mol. The van der Waals surface area contributed by atoms with E-state index in [2.05, 4.69) is 11.1 Å². The van der Waals surface area contributed by atoms with Crippen LogP contribution in [0.1, 0.15) is 16.8 Å². The number of nitro groups is 1. The third-order valence-corrected chi connectivity index (χ3v) is 4.46. The number of nitrogens with zero attached hydrogens (tertiary/aromatic N) is 4. The fourth-order valence-corrected chi connectivity index (χ4v) is 3.20. The minimum absolute atomic E-state index is 0.0858. The van der Waals surface area contributed by atoms with E-state index < -0.39 is 4.92 Å². The van der Waals surface area contributed by atoms with Gasteiger partial charge < -0.3 is 9.32 Å². The van der Waals surface area contributed by atoms with Gasteiger partial charge in [-0.2, -0.15) is 10.2 Å². The summed E-state index contributed by atoms with van der Waals surface area (Å²) in [5.41, 5.74) is 2.75. The molecule has 0 amide bonds. The molecule has 0 spiro atoms. The molecule has 128 valence electrons. The SMILES string of the molecule is N#Cc1nc(-c2ccccc2[N+](=O)[O-])oc1N1CCc2ccccc2C1. The number of anilines is 1. The van der Waals surface area contributed by atoms with Crippen molar-refractivity contribution in [3.8, 4) is 17.5 Å². The summed E-state index contributed by atoms with van der Waals surface area (Å²) in [5.74, 6) is 0.442. The number of fused-ring (bicyclic) bond motifs is 1. The first-order chi connectivity index (χ1) is 12.7. The Kier molecular flexibility index (Phi) is 3.86. The van der Waals surface area contributed by atoms with Gasteiger partial charge in [0.05, 0.1) is 4.92 Å². The Bertz CT molecular complexity index is 1040. The number of oxazole rings is 1. The van der Waals surface area contributed by atoms with E-state index in [0.717, 1.165) is 6.42 Å². The monoisotopic (exact) mass is 346 g/mol. The fraction of sp³-hybridized carbons (Fsp3) is 0.158. The van der Waals surface area contributed by atoms with E-state index in [9.17, 15) is 15.4 Å². The smallest absolute Gasteiger partial charge is 0.282 e. The summed E-state index contributed by atoms with van der Waals surface area (Å²) < 4.78 is 5.82. The van der Waals surface area contributed by atoms with Crippen LogP contribution >= 0.6 is 0 Å². The summed E-state index contributed by atoms with van der Waals surface area (Å²) in [6, 6.07) is 16.4. The first kappa shape index (κ1) is 15.8. The average Bonchev–Trinajstić information content (AvgIpc) is 3.12. The maximum absolute atomic E-state index is 11.3. The molecule has 0 N–H and O–H groups in total. The number of rotatable bonds is 3. The van der Waals surface area contributed by atoms with Gasteiger partial charge in [-0.3, -0.25) is 10.1 Å². The topological polar surface area (TPSA) is 96.2 Å². The average molecular weight is 346 g/mol. The van der Waals surface area contributed by atoms with Gasteiger partial charge in [0.15, 0.2) is 0 Å². The summed E-state index contributed by atoms with van der Waals surface area (Å²) in [6.45, 7) is 1.30. The third-order valence-electron chi connectivity index (χ3n) is 4.46. The number of hydrogen-bond acceptors (Lipinski definition) is 6. The van der Waals surface area contributed by atoms with Gasteiger partial charge in [-0.15, -0.1) is 0 Å². The van der Waals surface area contributed by atoms with Crippen LogP contribution in [0.5, 0.6) is 0 Å². The maximum atomic E-state index is 11.3. The lowest BCUT2D eigenvalue weighted by atomic mass is 10.00. The zero-order valence-corrected chi connectivity index (χ0v) is 13.8. The van der Waals surface area contributed by atoms with E-state index in [1.54, 1.807) is 18.2 Å². The molecule has 1 aromatic heterocycles.